The standard InChI is InChI=1S/C17H12Cl2FNO3/c1-22-15-4-3-9(5-17(15)23-2)14-8-16(24-21-14)10-6-13(20)12(19)7-11(10)18/h3-8H,1-2H3. The smallest absolute Gasteiger partial charge is 0.169 e. The Morgan fingerprint density at radius 3 is 2.42 bits per heavy atom. The van der Waals surface area contributed by atoms with Crippen molar-refractivity contribution < 1.29 is 18.4 Å². The van der Waals surface area contributed by atoms with E-state index in [-0.39, 0.29) is 10.0 Å². The van der Waals surface area contributed by atoms with E-state index in [1.165, 1.54) is 12.1 Å². The van der Waals surface area contributed by atoms with E-state index in [1.807, 2.05) is 6.07 Å². The predicted octanol–water partition coefficient (Wildman–Crippen LogP) is 5.47. The molecule has 24 heavy (non-hydrogen) atoms. The molecule has 3 rings (SSSR count). The highest BCUT2D eigenvalue weighted by atomic mass is 35.5. The molecule has 124 valence electrons. The van der Waals surface area contributed by atoms with Crippen LogP contribution in [-0.2, 0) is 0 Å². The number of nitrogens with zero attached hydrogens (tertiary/aromatic N) is 1. The molecule has 0 aliphatic rings. The molecule has 0 atom stereocenters. The summed E-state index contributed by atoms with van der Waals surface area (Å²) >= 11 is 11.8. The molecular formula is C17H12Cl2FNO3. The molecule has 1 heterocycles. The number of hydrogen-bond donors (Lipinski definition) is 0. The van der Waals surface area contributed by atoms with Crippen LogP contribution < -0.4 is 9.47 Å². The van der Waals surface area contributed by atoms with Gasteiger partial charge < -0.3 is 14.0 Å². The molecule has 0 spiro atoms. The Labute approximate surface area is 147 Å². The van der Waals surface area contributed by atoms with Crippen molar-refractivity contribution >= 4 is 23.2 Å². The summed E-state index contributed by atoms with van der Waals surface area (Å²) in [6.07, 6.45) is 0. The Kier molecular flexibility index (Phi) is 4.64. The third-order valence-electron chi connectivity index (χ3n) is 3.46. The summed E-state index contributed by atoms with van der Waals surface area (Å²) in [7, 11) is 3.11. The molecule has 0 bridgehead atoms. The highest BCUT2D eigenvalue weighted by molar-refractivity contribution is 6.36. The summed E-state index contributed by atoms with van der Waals surface area (Å²) in [6, 6.07) is 9.54. The van der Waals surface area contributed by atoms with Gasteiger partial charge in [0, 0.05) is 17.2 Å². The molecule has 1 aromatic heterocycles. The van der Waals surface area contributed by atoms with Crippen LogP contribution in [0.2, 0.25) is 10.0 Å². The molecule has 0 N–H and O–H groups in total. The number of hydrogen-bond acceptors (Lipinski definition) is 4. The second-order valence-corrected chi connectivity index (χ2v) is 5.71. The lowest BCUT2D eigenvalue weighted by Gasteiger charge is -2.07. The van der Waals surface area contributed by atoms with Crippen LogP contribution in [-0.4, -0.2) is 19.4 Å². The number of rotatable bonds is 4. The van der Waals surface area contributed by atoms with Crippen molar-refractivity contribution in [3.05, 3.63) is 52.3 Å². The van der Waals surface area contributed by atoms with Crippen molar-refractivity contribution in [1.29, 1.82) is 0 Å². The quantitative estimate of drug-likeness (QED) is 0.573. The third-order valence-corrected chi connectivity index (χ3v) is 4.07. The molecule has 7 heteroatoms. The van der Waals surface area contributed by atoms with Gasteiger partial charge >= 0.3 is 0 Å². The summed E-state index contributed by atoms with van der Waals surface area (Å²) in [5.41, 5.74) is 1.68. The summed E-state index contributed by atoms with van der Waals surface area (Å²) in [4.78, 5) is 0. The van der Waals surface area contributed by atoms with Crippen LogP contribution in [0.25, 0.3) is 22.6 Å². The normalized spacial score (nSPS) is 10.7. The van der Waals surface area contributed by atoms with Gasteiger partial charge in [-0.05, 0) is 30.3 Å². The average Bonchev–Trinajstić information content (AvgIpc) is 3.07. The fourth-order valence-corrected chi connectivity index (χ4v) is 2.72. The van der Waals surface area contributed by atoms with Gasteiger partial charge in [-0.1, -0.05) is 28.4 Å². The van der Waals surface area contributed by atoms with Gasteiger partial charge in [0.05, 0.1) is 24.3 Å². The van der Waals surface area contributed by atoms with Crippen LogP contribution in [0.5, 0.6) is 11.5 Å². The fourth-order valence-electron chi connectivity index (χ4n) is 2.25. The minimum Gasteiger partial charge on any atom is -0.493 e. The molecule has 0 amide bonds. The van der Waals surface area contributed by atoms with Crippen molar-refractivity contribution in [3.8, 4) is 34.1 Å². The van der Waals surface area contributed by atoms with Crippen molar-refractivity contribution in [2.45, 2.75) is 0 Å². The highest BCUT2D eigenvalue weighted by Crippen LogP contribution is 2.36. The van der Waals surface area contributed by atoms with E-state index in [0.29, 0.717) is 28.5 Å². The Balaban J connectivity index is 2.01. The van der Waals surface area contributed by atoms with Crippen LogP contribution in [0.15, 0.2) is 40.9 Å². The van der Waals surface area contributed by atoms with E-state index in [2.05, 4.69) is 5.16 Å². The van der Waals surface area contributed by atoms with Crippen molar-refractivity contribution in [1.82, 2.24) is 5.16 Å². The zero-order valence-electron chi connectivity index (χ0n) is 12.8. The Bertz CT molecular complexity index is 896. The lowest BCUT2D eigenvalue weighted by Crippen LogP contribution is -1.90. The Morgan fingerprint density at radius 1 is 0.958 bits per heavy atom. The molecule has 0 radical (unpaired) electrons. The second kappa shape index (κ2) is 6.71. The predicted molar refractivity (Wildman–Crippen MR) is 90.5 cm³/mol. The maximum atomic E-state index is 13.7. The van der Waals surface area contributed by atoms with Crippen LogP contribution >= 0.6 is 23.2 Å². The molecule has 0 saturated heterocycles. The highest BCUT2D eigenvalue weighted by Gasteiger charge is 2.15. The number of aromatic nitrogens is 1. The monoisotopic (exact) mass is 367 g/mol. The van der Waals surface area contributed by atoms with E-state index in [1.54, 1.807) is 32.4 Å². The van der Waals surface area contributed by atoms with Crippen molar-refractivity contribution in [2.75, 3.05) is 14.2 Å². The largest absolute Gasteiger partial charge is 0.493 e. The summed E-state index contributed by atoms with van der Waals surface area (Å²) in [5.74, 6) is 0.920. The first-order valence-electron chi connectivity index (χ1n) is 6.87. The van der Waals surface area contributed by atoms with Crippen molar-refractivity contribution in [2.24, 2.45) is 0 Å². The second-order valence-electron chi connectivity index (χ2n) is 4.89. The summed E-state index contributed by atoms with van der Waals surface area (Å²) in [6.45, 7) is 0. The van der Waals surface area contributed by atoms with E-state index in [0.717, 1.165) is 5.56 Å². The molecule has 0 fully saturated rings. The van der Waals surface area contributed by atoms with Crippen LogP contribution in [0.3, 0.4) is 0 Å². The number of ether oxygens (including phenoxy) is 2. The summed E-state index contributed by atoms with van der Waals surface area (Å²) in [5, 5.41) is 4.22. The lowest BCUT2D eigenvalue weighted by molar-refractivity contribution is 0.355. The lowest BCUT2D eigenvalue weighted by atomic mass is 10.1. The van der Waals surface area contributed by atoms with Gasteiger partial charge in [-0.2, -0.15) is 0 Å². The van der Waals surface area contributed by atoms with Crippen LogP contribution in [0.1, 0.15) is 0 Å². The minimum atomic E-state index is -0.583. The zero-order chi connectivity index (χ0) is 17.3. The molecule has 4 nitrogen and oxygen atoms in total. The van der Waals surface area contributed by atoms with Gasteiger partial charge in [-0.15, -0.1) is 0 Å². The number of methoxy groups -OCH3 is 2. The topological polar surface area (TPSA) is 44.5 Å². The van der Waals surface area contributed by atoms with Gasteiger partial charge in [-0.3, -0.25) is 0 Å². The number of halogens is 3. The first-order chi connectivity index (χ1) is 11.5. The van der Waals surface area contributed by atoms with Gasteiger partial charge in [0.1, 0.15) is 11.5 Å². The molecule has 0 aliphatic heterocycles. The summed E-state index contributed by atoms with van der Waals surface area (Å²) < 4.78 is 29.4. The van der Waals surface area contributed by atoms with E-state index in [4.69, 9.17) is 37.2 Å². The van der Waals surface area contributed by atoms with Crippen molar-refractivity contribution in [3.63, 3.8) is 0 Å². The molecule has 0 saturated carbocycles. The van der Waals surface area contributed by atoms with E-state index in [9.17, 15) is 4.39 Å². The van der Waals surface area contributed by atoms with E-state index >= 15 is 0 Å². The molecule has 3 aromatic rings. The minimum absolute atomic E-state index is 0.0524. The first kappa shape index (κ1) is 16.6. The maximum Gasteiger partial charge on any atom is 0.169 e. The van der Waals surface area contributed by atoms with Crippen LogP contribution in [0.4, 0.5) is 4.39 Å². The SMILES string of the molecule is COc1ccc(-c2cc(-c3cc(F)c(Cl)cc3Cl)on2)cc1OC. The van der Waals surface area contributed by atoms with E-state index < -0.39 is 5.82 Å². The third kappa shape index (κ3) is 3.05. The Morgan fingerprint density at radius 2 is 1.71 bits per heavy atom. The first-order valence-corrected chi connectivity index (χ1v) is 7.63. The van der Waals surface area contributed by atoms with Gasteiger partial charge in [0.15, 0.2) is 17.3 Å². The number of benzene rings is 2. The van der Waals surface area contributed by atoms with Gasteiger partial charge in [0.25, 0.3) is 0 Å². The van der Waals surface area contributed by atoms with Gasteiger partial charge in [0.2, 0.25) is 0 Å². The molecule has 0 unspecified atom stereocenters. The molecular weight excluding hydrogens is 356 g/mol. The fraction of sp³-hybridized carbons (Fsp3) is 0.118. The van der Waals surface area contributed by atoms with Gasteiger partial charge in [-0.25, -0.2) is 4.39 Å². The average molecular weight is 368 g/mol. The molecule has 0 aliphatic carbocycles. The van der Waals surface area contributed by atoms with Crippen LogP contribution in [0, 0.1) is 5.82 Å². The molecule has 2 aromatic carbocycles. The Hall–Kier alpha value is -2.24. The maximum absolute atomic E-state index is 13.7. The zero-order valence-corrected chi connectivity index (χ0v) is 14.3.